The molecule has 1 heterocycles. The summed E-state index contributed by atoms with van der Waals surface area (Å²) in [5.74, 6) is 1.52. The number of aromatic nitrogens is 1. The van der Waals surface area contributed by atoms with E-state index >= 15 is 0 Å². The van der Waals surface area contributed by atoms with Gasteiger partial charge in [-0.25, -0.2) is 4.98 Å². The molecule has 6 nitrogen and oxygen atoms in total. The molecule has 1 fully saturated rings. The average Bonchev–Trinajstić information content (AvgIpc) is 3.04. The summed E-state index contributed by atoms with van der Waals surface area (Å²) in [5, 5.41) is 12.5. The van der Waals surface area contributed by atoms with E-state index in [-0.39, 0.29) is 24.5 Å². The Hall–Kier alpha value is -2.34. The third-order valence-electron chi connectivity index (χ3n) is 4.81. The summed E-state index contributed by atoms with van der Waals surface area (Å²) in [6.45, 7) is 1.83. The summed E-state index contributed by atoms with van der Waals surface area (Å²) in [6.07, 6.45) is 3.99. The Balaban J connectivity index is 1.75. The molecule has 25 heavy (non-hydrogen) atoms. The highest BCUT2D eigenvalue weighted by Gasteiger charge is 2.28. The molecule has 3 rings (SSSR count). The molecule has 2 atom stereocenters. The minimum Gasteiger partial charge on any atom is -0.497 e. The first kappa shape index (κ1) is 17.5. The quantitative estimate of drug-likeness (QED) is 0.871. The molecule has 1 aliphatic rings. The number of aliphatic hydroxyl groups is 1. The Bertz CT molecular complexity index is 724. The van der Waals surface area contributed by atoms with Crippen molar-refractivity contribution in [2.24, 2.45) is 5.92 Å². The van der Waals surface area contributed by atoms with Crippen LogP contribution in [-0.2, 0) is 0 Å². The van der Waals surface area contributed by atoms with E-state index in [9.17, 15) is 9.90 Å². The molecule has 0 radical (unpaired) electrons. The maximum atomic E-state index is 12.6. The Morgan fingerprint density at radius 2 is 2.04 bits per heavy atom. The monoisotopic (exact) mass is 344 g/mol. The van der Waals surface area contributed by atoms with Crippen LogP contribution in [0.5, 0.6) is 5.75 Å². The number of benzene rings is 1. The smallest absolute Gasteiger partial charge is 0.273 e. The summed E-state index contributed by atoms with van der Waals surface area (Å²) >= 11 is 0. The van der Waals surface area contributed by atoms with Crippen molar-refractivity contribution >= 4 is 5.91 Å². The van der Waals surface area contributed by atoms with E-state index in [0.29, 0.717) is 17.3 Å². The van der Waals surface area contributed by atoms with E-state index in [1.807, 2.05) is 24.3 Å². The van der Waals surface area contributed by atoms with Crippen LogP contribution >= 0.6 is 0 Å². The van der Waals surface area contributed by atoms with Crippen LogP contribution in [-0.4, -0.2) is 35.8 Å². The maximum absolute atomic E-state index is 12.6. The number of hydrogen-bond donors (Lipinski definition) is 2. The van der Waals surface area contributed by atoms with Crippen molar-refractivity contribution in [3.63, 3.8) is 0 Å². The van der Waals surface area contributed by atoms with Crippen molar-refractivity contribution in [1.29, 1.82) is 0 Å². The van der Waals surface area contributed by atoms with Crippen molar-refractivity contribution < 1.29 is 19.1 Å². The van der Waals surface area contributed by atoms with Crippen LogP contribution in [0.3, 0.4) is 0 Å². The molecule has 1 aliphatic carbocycles. The lowest BCUT2D eigenvalue weighted by atomic mass is 9.85. The van der Waals surface area contributed by atoms with Gasteiger partial charge in [0.1, 0.15) is 11.5 Å². The predicted molar refractivity (Wildman–Crippen MR) is 93.5 cm³/mol. The second-order valence-corrected chi connectivity index (χ2v) is 6.46. The second-order valence-electron chi connectivity index (χ2n) is 6.46. The number of oxazole rings is 1. The van der Waals surface area contributed by atoms with Gasteiger partial charge in [0.15, 0.2) is 5.69 Å². The highest BCUT2D eigenvalue weighted by Crippen LogP contribution is 2.26. The molecule has 0 aliphatic heterocycles. The summed E-state index contributed by atoms with van der Waals surface area (Å²) < 4.78 is 10.8. The fraction of sp³-hybridized carbons (Fsp3) is 0.474. The number of aryl methyl sites for hydroxylation is 1. The van der Waals surface area contributed by atoms with Crippen LogP contribution in [0.15, 0.2) is 28.7 Å². The SMILES string of the molecule is COc1ccc(-c2nc(C(=O)NC3CCCCC3CO)c(C)o2)cc1. The molecular formula is C19H24N2O4. The van der Waals surface area contributed by atoms with E-state index in [1.54, 1.807) is 14.0 Å². The standard InChI is InChI=1S/C19H24N2O4/c1-12-17(18(23)20-16-6-4-3-5-14(16)11-22)21-19(25-12)13-7-9-15(24-2)10-8-13/h7-10,14,16,22H,3-6,11H2,1-2H3,(H,20,23). The largest absolute Gasteiger partial charge is 0.497 e. The van der Waals surface area contributed by atoms with Crippen molar-refractivity contribution in [3.8, 4) is 17.2 Å². The zero-order chi connectivity index (χ0) is 17.8. The van der Waals surface area contributed by atoms with Crippen LogP contribution < -0.4 is 10.1 Å². The minimum atomic E-state index is -0.244. The second kappa shape index (κ2) is 7.70. The summed E-state index contributed by atoms with van der Waals surface area (Å²) in [7, 11) is 1.61. The molecule has 1 saturated carbocycles. The Morgan fingerprint density at radius 1 is 1.32 bits per heavy atom. The third-order valence-corrected chi connectivity index (χ3v) is 4.81. The van der Waals surface area contributed by atoms with Gasteiger partial charge in [-0.05, 0) is 44.0 Å². The Morgan fingerprint density at radius 3 is 2.72 bits per heavy atom. The summed E-state index contributed by atoms with van der Waals surface area (Å²) in [5.41, 5.74) is 1.09. The van der Waals surface area contributed by atoms with E-state index in [0.717, 1.165) is 37.0 Å². The molecule has 1 aromatic heterocycles. The van der Waals surface area contributed by atoms with Crippen LogP contribution in [0.25, 0.3) is 11.5 Å². The number of hydrogen-bond acceptors (Lipinski definition) is 5. The topological polar surface area (TPSA) is 84.6 Å². The lowest BCUT2D eigenvalue weighted by Gasteiger charge is -2.30. The average molecular weight is 344 g/mol. The van der Waals surface area contributed by atoms with Gasteiger partial charge in [0.25, 0.3) is 5.91 Å². The van der Waals surface area contributed by atoms with Gasteiger partial charge in [-0.3, -0.25) is 4.79 Å². The van der Waals surface area contributed by atoms with Gasteiger partial charge in [0.05, 0.1) is 7.11 Å². The van der Waals surface area contributed by atoms with Crippen molar-refractivity contribution in [2.45, 2.75) is 38.6 Å². The number of methoxy groups -OCH3 is 1. The zero-order valence-corrected chi connectivity index (χ0v) is 14.6. The van der Waals surface area contributed by atoms with Gasteiger partial charge >= 0.3 is 0 Å². The fourth-order valence-corrected chi connectivity index (χ4v) is 3.32. The van der Waals surface area contributed by atoms with Crippen molar-refractivity contribution in [3.05, 3.63) is 35.7 Å². The number of carbonyl (C=O) groups excluding carboxylic acids is 1. The van der Waals surface area contributed by atoms with E-state index in [4.69, 9.17) is 9.15 Å². The maximum Gasteiger partial charge on any atom is 0.273 e. The molecule has 134 valence electrons. The van der Waals surface area contributed by atoms with Crippen molar-refractivity contribution in [2.75, 3.05) is 13.7 Å². The molecule has 2 unspecified atom stereocenters. The number of rotatable bonds is 5. The molecule has 1 aromatic carbocycles. The first-order valence-corrected chi connectivity index (χ1v) is 8.66. The normalized spacial score (nSPS) is 20.3. The predicted octanol–water partition coefficient (Wildman–Crippen LogP) is 2.94. The summed E-state index contributed by atoms with van der Waals surface area (Å²) in [4.78, 5) is 17.0. The first-order valence-electron chi connectivity index (χ1n) is 8.66. The number of nitrogens with one attached hydrogen (secondary N) is 1. The number of carbonyl (C=O) groups is 1. The fourth-order valence-electron chi connectivity index (χ4n) is 3.32. The van der Waals surface area contributed by atoms with Gasteiger partial charge in [-0.15, -0.1) is 0 Å². The lowest BCUT2D eigenvalue weighted by Crippen LogP contribution is -2.43. The highest BCUT2D eigenvalue weighted by atomic mass is 16.5. The number of amides is 1. The molecule has 0 bridgehead atoms. The highest BCUT2D eigenvalue weighted by molar-refractivity contribution is 5.93. The first-order chi connectivity index (χ1) is 12.1. The minimum absolute atomic E-state index is 0.00761. The van der Waals surface area contributed by atoms with Gasteiger partial charge in [0.2, 0.25) is 5.89 Å². The van der Waals surface area contributed by atoms with Crippen LogP contribution in [0.1, 0.15) is 41.9 Å². The van der Waals surface area contributed by atoms with Gasteiger partial charge in [0, 0.05) is 24.1 Å². The van der Waals surface area contributed by atoms with Crippen LogP contribution in [0, 0.1) is 12.8 Å². The molecule has 1 amide bonds. The number of nitrogens with zero attached hydrogens (tertiary/aromatic N) is 1. The van der Waals surface area contributed by atoms with E-state index < -0.39 is 0 Å². The zero-order valence-electron chi connectivity index (χ0n) is 14.6. The van der Waals surface area contributed by atoms with Gasteiger partial charge < -0.3 is 19.6 Å². The van der Waals surface area contributed by atoms with Gasteiger partial charge in [-0.2, -0.15) is 0 Å². The Labute approximate surface area is 147 Å². The summed E-state index contributed by atoms with van der Waals surface area (Å²) in [6, 6.07) is 7.32. The molecule has 6 heteroatoms. The Kier molecular flexibility index (Phi) is 5.38. The number of ether oxygens (including phenoxy) is 1. The van der Waals surface area contributed by atoms with Gasteiger partial charge in [-0.1, -0.05) is 12.8 Å². The number of aliphatic hydroxyl groups excluding tert-OH is 1. The molecule has 0 spiro atoms. The van der Waals surface area contributed by atoms with Crippen LogP contribution in [0.4, 0.5) is 0 Å². The molecule has 0 saturated heterocycles. The molecular weight excluding hydrogens is 320 g/mol. The lowest BCUT2D eigenvalue weighted by molar-refractivity contribution is 0.0867. The third kappa shape index (κ3) is 3.85. The van der Waals surface area contributed by atoms with Crippen molar-refractivity contribution in [1.82, 2.24) is 10.3 Å². The van der Waals surface area contributed by atoms with Crippen LogP contribution in [0.2, 0.25) is 0 Å². The molecule has 2 aromatic rings. The van der Waals surface area contributed by atoms with E-state index in [1.165, 1.54) is 0 Å². The molecule has 2 N–H and O–H groups in total. The van der Waals surface area contributed by atoms with E-state index in [2.05, 4.69) is 10.3 Å².